The van der Waals surface area contributed by atoms with Crippen LogP contribution in [0.15, 0.2) is 24.3 Å². The normalized spacial score (nSPS) is 15.3. The lowest BCUT2D eigenvalue weighted by Crippen LogP contribution is -2.38. The number of nitrogens with one attached hydrogen (secondary N) is 1. The molecule has 1 fully saturated rings. The van der Waals surface area contributed by atoms with E-state index < -0.39 is 12.1 Å². The molecule has 2 rings (SSSR count). The first-order valence-electron chi connectivity index (χ1n) is 7.35. The molecule has 1 aliphatic rings. The third kappa shape index (κ3) is 4.07. The summed E-state index contributed by atoms with van der Waals surface area (Å²) in [6.45, 7) is 4.41. The maximum absolute atomic E-state index is 12.1. The summed E-state index contributed by atoms with van der Waals surface area (Å²) in [4.78, 5) is 37.0. The Hall–Kier alpha value is -2.37. The summed E-state index contributed by atoms with van der Waals surface area (Å²) in [5.41, 5.74) is 0.813. The van der Waals surface area contributed by atoms with Crippen molar-refractivity contribution in [2.24, 2.45) is 0 Å². The molecule has 0 bridgehead atoms. The van der Waals surface area contributed by atoms with Crippen molar-refractivity contribution in [3.05, 3.63) is 29.8 Å². The summed E-state index contributed by atoms with van der Waals surface area (Å²) in [5, 5.41) is 2.60. The smallest absolute Gasteiger partial charge is 0.338 e. The standard InChI is InChI=1S/C16H20N2O4/c1-11(15(20)18-8-3-4-9-18)22-16(21)13-6-5-7-14(10-13)17-12(2)19/h5-7,10-11H,3-4,8-9H2,1-2H3,(H,17,19)/t11-/m0/s1. The van der Waals surface area contributed by atoms with Crippen LogP contribution >= 0.6 is 0 Å². The number of likely N-dealkylation sites (tertiary alicyclic amines) is 1. The van der Waals surface area contributed by atoms with E-state index in [4.69, 9.17) is 4.74 Å². The van der Waals surface area contributed by atoms with Crippen molar-refractivity contribution in [3.8, 4) is 0 Å². The molecule has 1 aromatic rings. The SMILES string of the molecule is CC(=O)Nc1cccc(C(=O)O[C@@H](C)C(=O)N2CCCC2)c1. The molecule has 118 valence electrons. The summed E-state index contributed by atoms with van der Waals surface area (Å²) in [6.07, 6.45) is 1.17. The number of carbonyl (C=O) groups excluding carboxylic acids is 3. The predicted molar refractivity (Wildman–Crippen MR) is 81.4 cm³/mol. The second-order valence-corrected chi connectivity index (χ2v) is 5.34. The van der Waals surface area contributed by atoms with Crippen LogP contribution in [0.3, 0.4) is 0 Å². The van der Waals surface area contributed by atoms with E-state index in [2.05, 4.69) is 5.32 Å². The summed E-state index contributed by atoms with van der Waals surface area (Å²) in [7, 11) is 0. The minimum Gasteiger partial charge on any atom is -0.449 e. The van der Waals surface area contributed by atoms with Crippen molar-refractivity contribution in [1.29, 1.82) is 0 Å². The lowest BCUT2D eigenvalue weighted by atomic mass is 10.2. The van der Waals surface area contributed by atoms with Gasteiger partial charge < -0.3 is 15.0 Å². The average Bonchev–Trinajstić information content (AvgIpc) is 3.00. The van der Waals surface area contributed by atoms with Gasteiger partial charge in [-0.15, -0.1) is 0 Å². The number of benzene rings is 1. The summed E-state index contributed by atoms with van der Waals surface area (Å²) in [5.74, 6) is -0.959. The molecule has 1 atom stereocenters. The Balaban J connectivity index is 1.99. The summed E-state index contributed by atoms with van der Waals surface area (Å²) >= 11 is 0. The zero-order valence-electron chi connectivity index (χ0n) is 12.8. The number of hydrogen-bond donors (Lipinski definition) is 1. The number of carbonyl (C=O) groups is 3. The van der Waals surface area contributed by atoms with Gasteiger partial charge in [0.1, 0.15) is 0 Å². The molecule has 0 saturated carbocycles. The van der Waals surface area contributed by atoms with Crippen molar-refractivity contribution in [2.75, 3.05) is 18.4 Å². The van der Waals surface area contributed by atoms with Crippen LogP contribution in [0.1, 0.15) is 37.0 Å². The number of anilines is 1. The van der Waals surface area contributed by atoms with Crippen LogP contribution in [0, 0.1) is 0 Å². The Bertz CT molecular complexity index is 579. The van der Waals surface area contributed by atoms with Crippen LogP contribution in [0.2, 0.25) is 0 Å². The monoisotopic (exact) mass is 304 g/mol. The van der Waals surface area contributed by atoms with Crippen molar-refractivity contribution >= 4 is 23.5 Å². The molecule has 6 heteroatoms. The molecule has 0 unspecified atom stereocenters. The lowest BCUT2D eigenvalue weighted by Gasteiger charge is -2.20. The molecule has 0 aliphatic carbocycles. The van der Waals surface area contributed by atoms with Gasteiger partial charge in [0.25, 0.3) is 5.91 Å². The average molecular weight is 304 g/mol. The zero-order chi connectivity index (χ0) is 16.1. The van der Waals surface area contributed by atoms with E-state index in [1.807, 2.05) is 0 Å². The van der Waals surface area contributed by atoms with Crippen LogP contribution in [0.25, 0.3) is 0 Å². The Morgan fingerprint density at radius 2 is 1.91 bits per heavy atom. The molecular formula is C16H20N2O4. The molecule has 2 amide bonds. The van der Waals surface area contributed by atoms with Gasteiger partial charge in [-0.2, -0.15) is 0 Å². The first-order chi connectivity index (χ1) is 10.5. The molecule has 1 N–H and O–H groups in total. The highest BCUT2D eigenvalue weighted by Crippen LogP contribution is 2.14. The third-order valence-corrected chi connectivity index (χ3v) is 3.47. The van der Waals surface area contributed by atoms with E-state index in [1.165, 1.54) is 13.0 Å². The van der Waals surface area contributed by atoms with Gasteiger partial charge in [0, 0.05) is 25.7 Å². The fourth-order valence-electron chi connectivity index (χ4n) is 2.40. The van der Waals surface area contributed by atoms with Crippen LogP contribution in [-0.2, 0) is 14.3 Å². The molecular weight excluding hydrogens is 284 g/mol. The van der Waals surface area contributed by atoms with Gasteiger partial charge in [-0.3, -0.25) is 9.59 Å². The Labute approximate surface area is 129 Å². The number of nitrogens with zero attached hydrogens (tertiary/aromatic N) is 1. The largest absolute Gasteiger partial charge is 0.449 e. The predicted octanol–water partition coefficient (Wildman–Crippen LogP) is 1.81. The topological polar surface area (TPSA) is 75.7 Å². The fourth-order valence-corrected chi connectivity index (χ4v) is 2.40. The van der Waals surface area contributed by atoms with Gasteiger partial charge in [-0.25, -0.2) is 4.79 Å². The van der Waals surface area contributed by atoms with Crippen LogP contribution in [0.4, 0.5) is 5.69 Å². The first kappa shape index (κ1) is 16.0. The molecule has 1 aromatic carbocycles. The van der Waals surface area contributed by atoms with E-state index in [0.29, 0.717) is 11.3 Å². The first-order valence-corrected chi connectivity index (χ1v) is 7.35. The van der Waals surface area contributed by atoms with Crippen LogP contribution in [0.5, 0.6) is 0 Å². The van der Waals surface area contributed by atoms with Gasteiger partial charge in [-0.05, 0) is 38.0 Å². The quantitative estimate of drug-likeness (QED) is 0.861. The van der Waals surface area contributed by atoms with Crippen LogP contribution in [-0.4, -0.2) is 41.9 Å². The summed E-state index contributed by atoms with van der Waals surface area (Å²) in [6, 6.07) is 6.43. The molecule has 1 aliphatic heterocycles. The Morgan fingerprint density at radius 3 is 2.55 bits per heavy atom. The van der Waals surface area contributed by atoms with Gasteiger partial charge >= 0.3 is 5.97 Å². The maximum atomic E-state index is 12.1. The Kier molecular flexibility index (Phi) is 5.14. The van der Waals surface area contributed by atoms with Gasteiger partial charge in [0.2, 0.25) is 5.91 Å². The van der Waals surface area contributed by atoms with Crippen molar-refractivity contribution in [3.63, 3.8) is 0 Å². The highest BCUT2D eigenvalue weighted by molar-refractivity contribution is 5.95. The van der Waals surface area contributed by atoms with E-state index >= 15 is 0 Å². The lowest BCUT2D eigenvalue weighted by molar-refractivity contribution is -0.138. The molecule has 6 nitrogen and oxygen atoms in total. The van der Waals surface area contributed by atoms with E-state index in [1.54, 1.807) is 30.0 Å². The van der Waals surface area contributed by atoms with Crippen LogP contribution < -0.4 is 5.32 Å². The molecule has 0 aromatic heterocycles. The van der Waals surface area contributed by atoms with Crippen molar-refractivity contribution in [1.82, 2.24) is 4.90 Å². The third-order valence-electron chi connectivity index (χ3n) is 3.47. The minimum atomic E-state index is -0.810. The van der Waals surface area contributed by atoms with E-state index in [9.17, 15) is 14.4 Å². The van der Waals surface area contributed by atoms with Gasteiger partial charge in [0.15, 0.2) is 6.10 Å². The van der Waals surface area contributed by atoms with E-state index in [0.717, 1.165) is 25.9 Å². The zero-order valence-corrected chi connectivity index (χ0v) is 12.8. The van der Waals surface area contributed by atoms with Gasteiger partial charge in [-0.1, -0.05) is 6.07 Å². The summed E-state index contributed by atoms with van der Waals surface area (Å²) < 4.78 is 5.23. The number of hydrogen-bond acceptors (Lipinski definition) is 4. The van der Waals surface area contributed by atoms with Gasteiger partial charge in [0.05, 0.1) is 5.56 Å². The molecule has 1 heterocycles. The molecule has 22 heavy (non-hydrogen) atoms. The molecule has 0 radical (unpaired) electrons. The van der Waals surface area contributed by atoms with Crippen molar-refractivity contribution in [2.45, 2.75) is 32.8 Å². The number of esters is 1. The number of amides is 2. The number of ether oxygens (including phenoxy) is 1. The van der Waals surface area contributed by atoms with E-state index in [-0.39, 0.29) is 11.8 Å². The fraction of sp³-hybridized carbons (Fsp3) is 0.438. The number of rotatable bonds is 4. The molecule has 1 saturated heterocycles. The Morgan fingerprint density at radius 1 is 1.23 bits per heavy atom. The highest BCUT2D eigenvalue weighted by Gasteiger charge is 2.26. The van der Waals surface area contributed by atoms with Crippen molar-refractivity contribution < 1.29 is 19.1 Å². The minimum absolute atomic E-state index is 0.163. The second-order valence-electron chi connectivity index (χ2n) is 5.34. The maximum Gasteiger partial charge on any atom is 0.338 e. The second kappa shape index (κ2) is 7.06. The molecule has 0 spiro atoms. The highest BCUT2D eigenvalue weighted by atomic mass is 16.5.